The lowest BCUT2D eigenvalue weighted by Gasteiger charge is -2.19. The number of nitrogens with one attached hydrogen (secondary N) is 1. The van der Waals surface area contributed by atoms with E-state index in [0.29, 0.717) is 6.54 Å². The Kier molecular flexibility index (Phi) is 4.36. The molecule has 2 rings (SSSR count). The Bertz CT molecular complexity index is 414. The third kappa shape index (κ3) is 2.72. The lowest BCUT2D eigenvalue weighted by Crippen LogP contribution is -2.41. The van der Waals surface area contributed by atoms with Gasteiger partial charge in [0.15, 0.2) is 0 Å². The zero-order valence-electron chi connectivity index (χ0n) is 11.1. The van der Waals surface area contributed by atoms with Crippen LogP contribution in [-0.2, 0) is 28.9 Å². The van der Waals surface area contributed by atoms with Crippen LogP contribution in [0.4, 0.5) is 0 Å². The summed E-state index contributed by atoms with van der Waals surface area (Å²) in [4.78, 5) is 16.1. The van der Waals surface area contributed by atoms with Gasteiger partial charge in [-0.05, 0) is 32.2 Å². The molecular weight excluding hydrogens is 230 g/mol. The number of fused-ring (bicyclic) bond motifs is 1. The second-order valence-corrected chi connectivity index (χ2v) is 4.63. The summed E-state index contributed by atoms with van der Waals surface area (Å²) < 4.78 is 6.92. The molecule has 1 unspecified atom stereocenters. The molecule has 0 aromatic carbocycles. The van der Waals surface area contributed by atoms with E-state index in [2.05, 4.69) is 14.9 Å². The van der Waals surface area contributed by atoms with E-state index < -0.39 is 0 Å². The van der Waals surface area contributed by atoms with Gasteiger partial charge in [0.05, 0.1) is 19.1 Å². The average Bonchev–Trinajstić information content (AvgIpc) is 2.81. The summed E-state index contributed by atoms with van der Waals surface area (Å²) in [6, 6.07) is -0.291. The van der Waals surface area contributed by atoms with Crippen LogP contribution in [0.1, 0.15) is 31.2 Å². The molecule has 0 spiro atoms. The SMILES string of the molecule is CCNC(Cn1cnc2c1CCCC2)C(=O)OC. The highest BCUT2D eigenvalue weighted by atomic mass is 16.5. The number of carbonyl (C=O) groups excluding carboxylic acids is 1. The fourth-order valence-corrected chi connectivity index (χ4v) is 2.50. The minimum Gasteiger partial charge on any atom is -0.468 e. The Hall–Kier alpha value is -1.36. The van der Waals surface area contributed by atoms with Crippen molar-refractivity contribution in [3.63, 3.8) is 0 Å². The van der Waals surface area contributed by atoms with E-state index >= 15 is 0 Å². The molecule has 1 heterocycles. The van der Waals surface area contributed by atoms with E-state index in [4.69, 9.17) is 4.74 Å². The predicted molar refractivity (Wildman–Crippen MR) is 68.3 cm³/mol. The van der Waals surface area contributed by atoms with Crippen LogP contribution >= 0.6 is 0 Å². The Morgan fingerprint density at radius 2 is 2.33 bits per heavy atom. The van der Waals surface area contributed by atoms with E-state index in [1.54, 1.807) is 0 Å². The fraction of sp³-hybridized carbons (Fsp3) is 0.692. The first-order valence-electron chi connectivity index (χ1n) is 6.60. The van der Waals surface area contributed by atoms with Gasteiger partial charge in [-0.1, -0.05) is 6.92 Å². The van der Waals surface area contributed by atoms with Crippen molar-refractivity contribution in [2.24, 2.45) is 0 Å². The molecule has 1 aliphatic rings. The first-order chi connectivity index (χ1) is 8.76. The molecule has 0 saturated heterocycles. The summed E-state index contributed by atoms with van der Waals surface area (Å²) in [6.07, 6.45) is 6.41. The number of hydrogen-bond donors (Lipinski definition) is 1. The van der Waals surface area contributed by atoms with E-state index in [9.17, 15) is 4.79 Å². The van der Waals surface area contributed by atoms with Crippen molar-refractivity contribution in [3.05, 3.63) is 17.7 Å². The van der Waals surface area contributed by atoms with Crippen LogP contribution < -0.4 is 5.32 Å². The highest BCUT2D eigenvalue weighted by Crippen LogP contribution is 2.20. The van der Waals surface area contributed by atoms with Gasteiger partial charge < -0.3 is 14.6 Å². The number of aromatic nitrogens is 2. The Morgan fingerprint density at radius 3 is 3.06 bits per heavy atom. The lowest BCUT2D eigenvalue weighted by molar-refractivity contribution is -0.143. The number of aryl methyl sites for hydroxylation is 1. The van der Waals surface area contributed by atoms with Crippen molar-refractivity contribution < 1.29 is 9.53 Å². The number of methoxy groups -OCH3 is 1. The quantitative estimate of drug-likeness (QED) is 0.790. The molecule has 0 aliphatic heterocycles. The third-order valence-electron chi connectivity index (χ3n) is 3.43. The molecule has 0 radical (unpaired) electrons. The summed E-state index contributed by atoms with van der Waals surface area (Å²) >= 11 is 0. The molecule has 5 heteroatoms. The van der Waals surface area contributed by atoms with Gasteiger partial charge in [-0.25, -0.2) is 4.98 Å². The summed E-state index contributed by atoms with van der Waals surface area (Å²) in [5.74, 6) is -0.213. The molecule has 1 atom stereocenters. The largest absolute Gasteiger partial charge is 0.468 e. The molecule has 5 nitrogen and oxygen atoms in total. The maximum Gasteiger partial charge on any atom is 0.324 e. The molecule has 100 valence electrons. The fourth-order valence-electron chi connectivity index (χ4n) is 2.50. The van der Waals surface area contributed by atoms with Crippen LogP contribution in [0.15, 0.2) is 6.33 Å². The number of imidazole rings is 1. The van der Waals surface area contributed by atoms with E-state index in [1.807, 2.05) is 13.3 Å². The van der Waals surface area contributed by atoms with E-state index in [1.165, 1.54) is 31.3 Å². The first kappa shape index (κ1) is 13.1. The number of ether oxygens (including phenoxy) is 1. The van der Waals surface area contributed by atoms with Crippen LogP contribution in [0.3, 0.4) is 0 Å². The molecule has 0 fully saturated rings. The van der Waals surface area contributed by atoms with Gasteiger partial charge in [-0.2, -0.15) is 0 Å². The minimum atomic E-state index is -0.291. The van der Waals surface area contributed by atoms with E-state index in [-0.39, 0.29) is 12.0 Å². The second kappa shape index (κ2) is 6.00. The topological polar surface area (TPSA) is 56.2 Å². The van der Waals surface area contributed by atoms with Crippen molar-refractivity contribution in [3.8, 4) is 0 Å². The van der Waals surface area contributed by atoms with Crippen molar-refractivity contribution in [1.82, 2.24) is 14.9 Å². The lowest BCUT2D eigenvalue weighted by atomic mass is 10.0. The number of hydrogen-bond acceptors (Lipinski definition) is 4. The minimum absolute atomic E-state index is 0.213. The smallest absolute Gasteiger partial charge is 0.324 e. The van der Waals surface area contributed by atoms with Crippen LogP contribution in [0.25, 0.3) is 0 Å². The van der Waals surface area contributed by atoms with Gasteiger partial charge in [-0.15, -0.1) is 0 Å². The summed E-state index contributed by atoms with van der Waals surface area (Å²) in [5, 5.41) is 3.16. The van der Waals surface area contributed by atoms with Gasteiger partial charge in [0.25, 0.3) is 0 Å². The average molecular weight is 251 g/mol. The zero-order chi connectivity index (χ0) is 13.0. The molecule has 0 saturated carbocycles. The Labute approximate surface area is 108 Å². The molecule has 18 heavy (non-hydrogen) atoms. The van der Waals surface area contributed by atoms with Gasteiger partial charge in [0, 0.05) is 12.2 Å². The summed E-state index contributed by atoms with van der Waals surface area (Å²) in [5.41, 5.74) is 2.48. The van der Waals surface area contributed by atoms with Crippen molar-refractivity contribution in [1.29, 1.82) is 0 Å². The van der Waals surface area contributed by atoms with Gasteiger partial charge in [0.1, 0.15) is 6.04 Å². The van der Waals surface area contributed by atoms with E-state index in [0.717, 1.165) is 19.4 Å². The number of esters is 1. The predicted octanol–water partition coefficient (Wildman–Crippen LogP) is 0.913. The van der Waals surface area contributed by atoms with Gasteiger partial charge in [0.2, 0.25) is 0 Å². The highest BCUT2D eigenvalue weighted by Gasteiger charge is 2.22. The normalized spacial score (nSPS) is 16.1. The molecule has 0 amide bonds. The maximum absolute atomic E-state index is 11.7. The summed E-state index contributed by atoms with van der Waals surface area (Å²) in [7, 11) is 1.43. The maximum atomic E-state index is 11.7. The van der Waals surface area contributed by atoms with Crippen LogP contribution in [-0.4, -0.2) is 35.2 Å². The number of likely N-dealkylation sites (N-methyl/N-ethyl adjacent to an activating group) is 1. The van der Waals surface area contributed by atoms with Gasteiger partial charge >= 0.3 is 5.97 Å². The second-order valence-electron chi connectivity index (χ2n) is 4.63. The standard InChI is InChI=1S/C13H21N3O2/c1-3-14-11(13(17)18-2)8-16-9-15-10-6-4-5-7-12(10)16/h9,11,14H,3-8H2,1-2H3. The highest BCUT2D eigenvalue weighted by molar-refractivity contribution is 5.75. The Balaban J connectivity index is 2.11. The molecule has 1 N–H and O–H groups in total. The number of carbonyl (C=O) groups is 1. The number of nitrogens with zero attached hydrogens (tertiary/aromatic N) is 2. The van der Waals surface area contributed by atoms with Crippen molar-refractivity contribution >= 4 is 5.97 Å². The van der Waals surface area contributed by atoms with Crippen molar-refractivity contribution in [2.75, 3.05) is 13.7 Å². The molecule has 1 aromatic heterocycles. The number of rotatable bonds is 5. The van der Waals surface area contributed by atoms with Crippen molar-refractivity contribution in [2.45, 2.75) is 45.2 Å². The molecular formula is C13H21N3O2. The summed E-state index contributed by atoms with van der Waals surface area (Å²) in [6.45, 7) is 3.33. The third-order valence-corrected chi connectivity index (χ3v) is 3.43. The van der Waals surface area contributed by atoms with Gasteiger partial charge in [-0.3, -0.25) is 4.79 Å². The molecule has 0 bridgehead atoms. The van der Waals surface area contributed by atoms with Crippen LogP contribution in [0, 0.1) is 0 Å². The monoisotopic (exact) mass is 251 g/mol. The first-order valence-corrected chi connectivity index (χ1v) is 6.60. The molecule has 1 aliphatic carbocycles. The Morgan fingerprint density at radius 1 is 1.56 bits per heavy atom. The molecule has 1 aromatic rings. The van der Waals surface area contributed by atoms with Crippen LogP contribution in [0.2, 0.25) is 0 Å². The van der Waals surface area contributed by atoms with Crippen LogP contribution in [0.5, 0.6) is 0 Å². The zero-order valence-corrected chi connectivity index (χ0v) is 11.1.